The van der Waals surface area contributed by atoms with Gasteiger partial charge in [0.1, 0.15) is 6.04 Å². The molecule has 1 aliphatic heterocycles. The SMILES string of the molecule is CCC(C)C(=O)N1Cc2ccccc2CC1C(=O)N[C@H]1CCc2ncsc2C1. The van der Waals surface area contributed by atoms with E-state index in [1.807, 2.05) is 31.5 Å². The second-order valence-electron chi connectivity index (χ2n) is 7.93. The molecule has 2 amide bonds. The van der Waals surface area contributed by atoms with Gasteiger partial charge in [0.05, 0.1) is 11.2 Å². The van der Waals surface area contributed by atoms with Crippen LogP contribution in [0, 0.1) is 5.92 Å². The van der Waals surface area contributed by atoms with E-state index in [0.717, 1.165) is 31.2 Å². The first-order valence-electron chi connectivity index (χ1n) is 10.2. The summed E-state index contributed by atoms with van der Waals surface area (Å²) in [5.74, 6) is -0.0235. The van der Waals surface area contributed by atoms with E-state index >= 15 is 0 Å². The minimum absolute atomic E-state index is 0.0240. The van der Waals surface area contributed by atoms with Crippen LogP contribution < -0.4 is 5.32 Å². The van der Waals surface area contributed by atoms with E-state index in [4.69, 9.17) is 0 Å². The van der Waals surface area contributed by atoms with Gasteiger partial charge >= 0.3 is 0 Å². The Hall–Kier alpha value is -2.21. The lowest BCUT2D eigenvalue weighted by atomic mass is 9.91. The first-order chi connectivity index (χ1) is 13.6. The van der Waals surface area contributed by atoms with Gasteiger partial charge in [-0.25, -0.2) is 4.98 Å². The summed E-state index contributed by atoms with van der Waals surface area (Å²) in [6, 6.07) is 7.83. The maximum Gasteiger partial charge on any atom is 0.243 e. The van der Waals surface area contributed by atoms with E-state index in [1.54, 1.807) is 16.2 Å². The van der Waals surface area contributed by atoms with E-state index < -0.39 is 6.04 Å². The smallest absolute Gasteiger partial charge is 0.243 e. The maximum absolute atomic E-state index is 13.2. The largest absolute Gasteiger partial charge is 0.351 e. The zero-order valence-corrected chi connectivity index (χ0v) is 17.3. The Morgan fingerprint density at radius 3 is 2.86 bits per heavy atom. The lowest BCUT2D eigenvalue weighted by Crippen LogP contribution is -2.55. The van der Waals surface area contributed by atoms with Crippen molar-refractivity contribution in [3.05, 3.63) is 51.5 Å². The van der Waals surface area contributed by atoms with Crippen molar-refractivity contribution in [1.29, 1.82) is 0 Å². The molecule has 1 aromatic heterocycles. The number of nitrogens with one attached hydrogen (secondary N) is 1. The summed E-state index contributed by atoms with van der Waals surface area (Å²) in [6.45, 7) is 4.48. The van der Waals surface area contributed by atoms with Crippen LogP contribution >= 0.6 is 11.3 Å². The van der Waals surface area contributed by atoms with Gasteiger partial charge in [0.15, 0.2) is 0 Å². The fraction of sp³-hybridized carbons (Fsp3) is 0.500. The summed E-state index contributed by atoms with van der Waals surface area (Å²) < 4.78 is 0. The van der Waals surface area contributed by atoms with Crippen molar-refractivity contribution in [2.45, 2.75) is 64.6 Å². The van der Waals surface area contributed by atoms with Gasteiger partial charge in [-0.3, -0.25) is 9.59 Å². The number of carbonyl (C=O) groups is 2. The minimum atomic E-state index is -0.431. The summed E-state index contributed by atoms with van der Waals surface area (Å²) in [7, 11) is 0. The Morgan fingerprint density at radius 1 is 1.29 bits per heavy atom. The second-order valence-corrected chi connectivity index (χ2v) is 8.87. The summed E-state index contributed by atoms with van der Waals surface area (Å²) in [5.41, 5.74) is 5.38. The van der Waals surface area contributed by atoms with Crippen molar-refractivity contribution in [2.75, 3.05) is 0 Å². The van der Waals surface area contributed by atoms with Crippen LogP contribution in [0.5, 0.6) is 0 Å². The van der Waals surface area contributed by atoms with Crippen LogP contribution in [0.1, 0.15) is 48.4 Å². The van der Waals surface area contributed by atoms with Crippen molar-refractivity contribution in [3.63, 3.8) is 0 Å². The number of hydrogen-bond acceptors (Lipinski definition) is 4. The fourth-order valence-electron chi connectivity index (χ4n) is 4.17. The molecule has 0 saturated heterocycles. The summed E-state index contributed by atoms with van der Waals surface area (Å²) in [5, 5.41) is 3.24. The number of amides is 2. The molecule has 6 heteroatoms. The Labute approximate surface area is 170 Å². The molecule has 2 heterocycles. The molecule has 1 aliphatic carbocycles. The molecule has 1 aromatic carbocycles. The number of hydrogen-bond donors (Lipinski definition) is 1. The molecule has 0 fully saturated rings. The molecule has 0 saturated carbocycles. The highest BCUT2D eigenvalue weighted by Gasteiger charge is 2.37. The van der Waals surface area contributed by atoms with E-state index in [1.165, 1.54) is 16.1 Å². The van der Waals surface area contributed by atoms with Gasteiger partial charge in [0.25, 0.3) is 0 Å². The molecule has 3 atom stereocenters. The van der Waals surface area contributed by atoms with E-state index in [-0.39, 0.29) is 23.8 Å². The zero-order valence-electron chi connectivity index (χ0n) is 16.5. The van der Waals surface area contributed by atoms with Gasteiger partial charge in [-0.1, -0.05) is 38.1 Å². The Morgan fingerprint density at radius 2 is 2.07 bits per heavy atom. The van der Waals surface area contributed by atoms with Gasteiger partial charge < -0.3 is 10.2 Å². The Bertz CT molecular complexity index is 878. The standard InChI is InChI=1S/C22H27N3O2S/c1-3-14(2)22(27)25-12-16-7-5-4-6-15(16)10-19(25)21(26)24-17-8-9-18-20(11-17)28-13-23-18/h4-7,13-14,17,19H,3,8-12H2,1-2H3,(H,24,26)/t14?,17-,19?/m0/s1. The first-order valence-corrected chi connectivity index (χ1v) is 11.0. The third-order valence-corrected chi connectivity index (χ3v) is 7.00. The third kappa shape index (κ3) is 3.70. The Kier molecular flexibility index (Phi) is 5.49. The highest BCUT2D eigenvalue weighted by Crippen LogP contribution is 2.27. The molecule has 4 rings (SSSR count). The maximum atomic E-state index is 13.2. The lowest BCUT2D eigenvalue weighted by Gasteiger charge is -2.38. The number of nitrogens with zero attached hydrogens (tertiary/aromatic N) is 2. The van der Waals surface area contributed by atoms with Crippen molar-refractivity contribution in [3.8, 4) is 0 Å². The fourth-order valence-corrected chi connectivity index (χ4v) is 5.06. The highest BCUT2D eigenvalue weighted by molar-refractivity contribution is 7.09. The molecule has 5 nitrogen and oxygen atoms in total. The minimum Gasteiger partial charge on any atom is -0.351 e. The molecule has 0 radical (unpaired) electrons. The van der Waals surface area contributed by atoms with Gasteiger partial charge in [0.2, 0.25) is 11.8 Å². The van der Waals surface area contributed by atoms with E-state index in [2.05, 4.69) is 22.4 Å². The van der Waals surface area contributed by atoms with Gasteiger partial charge in [-0.2, -0.15) is 0 Å². The molecular weight excluding hydrogens is 370 g/mol. The summed E-state index contributed by atoms with van der Waals surface area (Å²) in [6.07, 6.45) is 4.02. The second kappa shape index (κ2) is 8.03. The molecular formula is C22H27N3O2S. The molecule has 1 N–H and O–H groups in total. The highest BCUT2D eigenvalue weighted by atomic mass is 32.1. The van der Waals surface area contributed by atoms with E-state index in [0.29, 0.717) is 13.0 Å². The average molecular weight is 398 g/mol. The van der Waals surface area contributed by atoms with Crippen LogP contribution in [0.15, 0.2) is 29.8 Å². The van der Waals surface area contributed by atoms with Crippen molar-refractivity contribution >= 4 is 23.2 Å². The number of aromatic nitrogens is 1. The summed E-state index contributed by atoms with van der Waals surface area (Å²) in [4.78, 5) is 33.7. The number of thiazole rings is 1. The lowest BCUT2D eigenvalue weighted by molar-refractivity contribution is -0.145. The quantitative estimate of drug-likeness (QED) is 0.862. The van der Waals surface area contributed by atoms with Gasteiger partial charge in [-0.05, 0) is 30.4 Å². The predicted octanol–water partition coefficient (Wildman–Crippen LogP) is 3.12. The van der Waals surface area contributed by atoms with Crippen LogP contribution in [0.3, 0.4) is 0 Å². The van der Waals surface area contributed by atoms with Crippen molar-refractivity contribution in [1.82, 2.24) is 15.2 Å². The van der Waals surface area contributed by atoms with Crippen molar-refractivity contribution < 1.29 is 9.59 Å². The first kappa shape index (κ1) is 19.1. The van der Waals surface area contributed by atoms with Crippen molar-refractivity contribution in [2.24, 2.45) is 5.92 Å². The Balaban J connectivity index is 1.53. The molecule has 2 aliphatic rings. The molecule has 0 bridgehead atoms. The topological polar surface area (TPSA) is 62.3 Å². The normalized spacial score (nSPS) is 22.1. The monoisotopic (exact) mass is 397 g/mol. The van der Waals surface area contributed by atoms with Crippen LogP contribution in [0.4, 0.5) is 0 Å². The van der Waals surface area contributed by atoms with Gasteiger partial charge in [-0.15, -0.1) is 11.3 Å². The molecule has 2 unspecified atom stereocenters. The van der Waals surface area contributed by atoms with Crippen LogP contribution in [0.25, 0.3) is 0 Å². The molecule has 148 valence electrons. The van der Waals surface area contributed by atoms with Crippen LogP contribution in [-0.4, -0.2) is 33.8 Å². The third-order valence-electron chi connectivity index (χ3n) is 6.10. The summed E-state index contributed by atoms with van der Waals surface area (Å²) >= 11 is 1.67. The molecule has 2 aromatic rings. The number of rotatable bonds is 4. The van der Waals surface area contributed by atoms with Crippen LogP contribution in [0.2, 0.25) is 0 Å². The van der Waals surface area contributed by atoms with Gasteiger partial charge in [0, 0.05) is 36.2 Å². The number of aryl methyl sites for hydroxylation is 1. The molecule has 0 spiro atoms. The predicted molar refractivity (Wildman–Crippen MR) is 110 cm³/mol. The number of fused-ring (bicyclic) bond motifs is 2. The van der Waals surface area contributed by atoms with E-state index in [9.17, 15) is 9.59 Å². The zero-order chi connectivity index (χ0) is 19.7. The average Bonchev–Trinajstić information content (AvgIpc) is 3.19. The number of carbonyl (C=O) groups excluding carboxylic acids is 2. The number of benzene rings is 1. The van der Waals surface area contributed by atoms with Crippen LogP contribution in [-0.2, 0) is 35.4 Å². The molecule has 28 heavy (non-hydrogen) atoms.